The highest BCUT2D eigenvalue weighted by atomic mass is 16.1. The molecule has 1 aromatic rings. The van der Waals surface area contributed by atoms with Gasteiger partial charge in [0.1, 0.15) is 5.82 Å². The summed E-state index contributed by atoms with van der Waals surface area (Å²) in [5.41, 5.74) is 2.47. The van der Waals surface area contributed by atoms with Crippen LogP contribution >= 0.6 is 0 Å². The van der Waals surface area contributed by atoms with Crippen molar-refractivity contribution in [3.05, 3.63) is 23.4 Å². The zero-order valence-electron chi connectivity index (χ0n) is 13.7. The van der Waals surface area contributed by atoms with Crippen LogP contribution in [0.4, 0.5) is 5.82 Å². The lowest BCUT2D eigenvalue weighted by Crippen LogP contribution is -2.17. The number of nitrogens with one attached hydrogen (secondary N) is 2. The molecule has 0 bridgehead atoms. The van der Waals surface area contributed by atoms with E-state index in [2.05, 4.69) is 22.8 Å². The average molecular weight is 291 g/mol. The monoisotopic (exact) mass is 291 g/mol. The second-order valence-electron chi connectivity index (χ2n) is 5.07. The molecule has 0 aromatic carbocycles. The number of hydrogen-bond acceptors (Lipinski definition) is 3. The number of carbonyl (C=O) groups is 1. The van der Waals surface area contributed by atoms with Crippen LogP contribution in [0.25, 0.3) is 0 Å². The van der Waals surface area contributed by atoms with Gasteiger partial charge >= 0.3 is 0 Å². The van der Waals surface area contributed by atoms with E-state index in [0.717, 1.165) is 43.7 Å². The molecular weight excluding hydrogens is 262 g/mol. The number of aromatic nitrogens is 1. The topological polar surface area (TPSA) is 54.0 Å². The molecule has 0 fully saturated rings. The van der Waals surface area contributed by atoms with Gasteiger partial charge in [-0.25, -0.2) is 4.98 Å². The Morgan fingerprint density at radius 3 is 2.86 bits per heavy atom. The van der Waals surface area contributed by atoms with Crippen molar-refractivity contribution in [2.75, 3.05) is 18.9 Å². The Morgan fingerprint density at radius 2 is 2.10 bits per heavy atom. The van der Waals surface area contributed by atoms with E-state index >= 15 is 0 Å². The standard InChI is InChI=1S/C15H23N3O.C2H6/c1-16-14(19)8-3-2-7-13-10-9-12-6-4-5-11-17-15(12)18-13;1-2/h9-10H,2-8,11H2,1H3,(H,16,19)(H,17,18);1-2H3. The zero-order chi connectivity index (χ0) is 15.5. The molecule has 2 N–H and O–H groups in total. The van der Waals surface area contributed by atoms with Gasteiger partial charge in [-0.15, -0.1) is 0 Å². The van der Waals surface area contributed by atoms with Gasteiger partial charge in [0.2, 0.25) is 5.91 Å². The molecule has 1 aliphatic rings. The van der Waals surface area contributed by atoms with Gasteiger partial charge in [0.15, 0.2) is 0 Å². The van der Waals surface area contributed by atoms with E-state index in [1.165, 1.54) is 18.4 Å². The van der Waals surface area contributed by atoms with Gasteiger partial charge in [0.25, 0.3) is 0 Å². The Bertz CT molecular complexity index is 432. The van der Waals surface area contributed by atoms with E-state index in [-0.39, 0.29) is 5.91 Å². The first-order chi connectivity index (χ1) is 10.3. The third-order valence-electron chi connectivity index (χ3n) is 3.57. The van der Waals surface area contributed by atoms with Gasteiger partial charge in [0.05, 0.1) is 0 Å². The van der Waals surface area contributed by atoms with Crippen molar-refractivity contribution in [2.24, 2.45) is 0 Å². The molecule has 0 saturated heterocycles. The summed E-state index contributed by atoms with van der Waals surface area (Å²) in [5.74, 6) is 1.19. The Labute approximate surface area is 128 Å². The Balaban J connectivity index is 0.00000106. The Kier molecular flexibility index (Phi) is 8.48. The lowest BCUT2D eigenvalue weighted by molar-refractivity contribution is -0.120. The first kappa shape index (κ1) is 17.5. The lowest BCUT2D eigenvalue weighted by Gasteiger charge is -2.09. The van der Waals surface area contributed by atoms with Gasteiger partial charge in [-0.1, -0.05) is 19.9 Å². The summed E-state index contributed by atoms with van der Waals surface area (Å²) in [5, 5.41) is 6.05. The molecule has 2 heterocycles. The minimum Gasteiger partial charge on any atom is -0.370 e. The van der Waals surface area contributed by atoms with Crippen LogP contribution in [-0.4, -0.2) is 24.5 Å². The lowest BCUT2D eigenvalue weighted by atomic mass is 10.1. The molecular formula is C17H29N3O. The minimum atomic E-state index is 0.122. The van der Waals surface area contributed by atoms with Crippen LogP contribution in [0.3, 0.4) is 0 Å². The molecule has 0 saturated carbocycles. The van der Waals surface area contributed by atoms with Crippen molar-refractivity contribution >= 4 is 11.7 Å². The highest BCUT2D eigenvalue weighted by Crippen LogP contribution is 2.20. The van der Waals surface area contributed by atoms with E-state index in [1.54, 1.807) is 7.05 Å². The highest BCUT2D eigenvalue weighted by molar-refractivity contribution is 5.75. The third-order valence-corrected chi connectivity index (χ3v) is 3.57. The van der Waals surface area contributed by atoms with E-state index < -0.39 is 0 Å². The van der Waals surface area contributed by atoms with E-state index in [9.17, 15) is 4.79 Å². The average Bonchev–Trinajstić information content (AvgIpc) is 2.78. The summed E-state index contributed by atoms with van der Waals surface area (Å²) in [4.78, 5) is 15.8. The SMILES string of the molecule is CC.CNC(=O)CCCCc1ccc2c(n1)NCCCC2. The number of aryl methyl sites for hydroxylation is 2. The number of fused-ring (bicyclic) bond motifs is 1. The summed E-state index contributed by atoms with van der Waals surface area (Å²) >= 11 is 0. The zero-order valence-corrected chi connectivity index (χ0v) is 13.7. The molecule has 0 spiro atoms. The quantitative estimate of drug-likeness (QED) is 0.818. The molecule has 2 rings (SSSR count). The number of rotatable bonds is 5. The van der Waals surface area contributed by atoms with Gasteiger partial charge in [0, 0.05) is 25.7 Å². The molecule has 1 aromatic heterocycles. The molecule has 4 heteroatoms. The number of hydrogen-bond donors (Lipinski definition) is 2. The number of nitrogens with zero attached hydrogens (tertiary/aromatic N) is 1. The first-order valence-electron chi connectivity index (χ1n) is 8.23. The summed E-state index contributed by atoms with van der Waals surface area (Å²) < 4.78 is 0. The van der Waals surface area contributed by atoms with Crippen LogP contribution in [0.1, 0.15) is 57.2 Å². The maximum Gasteiger partial charge on any atom is 0.219 e. The molecule has 1 amide bonds. The largest absolute Gasteiger partial charge is 0.370 e. The van der Waals surface area contributed by atoms with Gasteiger partial charge in [-0.3, -0.25) is 4.79 Å². The van der Waals surface area contributed by atoms with E-state index in [1.807, 2.05) is 13.8 Å². The number of unbranched alkanes of at least 4 members (excludes halogenated alkanes) is 1. The Hall–Kier alpha value is -1.58. The van der Waals surface area contributed by atoms with Crippen molar-refractivity contribution in [2.45, 2.75) is 58.8 Å². The number of carbonyl (C=O) groups excluding carboxylic acids is 1. The fourth-order valence-corrected chi connectivity index (χ4v) is 2.39. The summed E-state index contributed by atoms with van der Waals surface area (Å²) in [6, 6.07) is 4.33. The molecule has 4 nitrogen and oxygen atoms in total. The number of pyridine rings is 1. The molecule has 0 radical (unpaired) electrons. The van der Waals surface area contributed by atoms with Crippen molar-refractivity contribution in [3.63, 3.8) is 0 Å². The summed E-state index contributed by atoms with van der Waals surface area (Å²) in [6.45, 7) is 5.03. The van der Waals surface area contributed by atoms with Gasteiger partial charge < -0.3 is 10.6 Å². The predicted octanol–water partition coefficient (Wildman–Crippen LogP) is 3.31. The van der Waals surface area contributed by atoms with Crippen LogP contribution < -0.4 is 10.6 Å². The van der Waals surface area contributed by atoms with Crippen LogP contribution in [0.2, 0.25) is 0 Å². The first-order valence-corrected chi connectivity index (χ1v) is 8.23. The van der Waals surface area contributed by atoms with E-state index in [0.29, 0.717) is 6.42 Å². The van der Waals surface area contributed by atoms with Crippen LogP contribution in [-0.2, 0) is 17.6 Å². The van der Waals surface area contributed by atoms with Crippen molar-refractivity contribution in [1.82, 2.24) is 10.3 Å². The second kappa shape index (κ2) is 10.2. The van der Waals surface area contributed by atoms with Crippen molar-refractivity contribution < 1.29 is 4.79 Å². The normalized spacial score (nSPS) is 13.1. The maximum absolute atomic E-state index is 11.1. The molecule has 21 heavy (non-hydrogen) atoms. The second-order valence-corrected chi connectivity index (χ2v) is 5.07. The molecule has 0 atom stereocenters. The van der Waals surface area contributed by atoms with Crippen LogP contribution in [0, 0.1) is 0 Å². The highest BCUT2D eigenvalue weighted by Gasteiger charge is 2.09. The van der Waals surface area contributed by atoms with Crippen molar-refractivity contribution in [3.8, 4) is 0 Å². The number of anilines is 1. The van der Waals surface area contributed by atoms with Crippen LogP contribution in [0.5, 0.6) is 0 Å². The summed E-state index contributed by atoms with van der Waals surface area (Å²) in [6.07, 6.45) is 7.09. The number of amides is 1. The Morgan fingerprint density at radius 1 is 1.29 bits per heavy atom. The molecule has 118 valence electrons. The van der Waals surface area contributed by atoms with Gasteiger partial charge in [-0.05, 0) is 50.2 Å². The van der Waals surface area contributed by atoms with Crippen molar-refractivity contribution in [1.29, 1.82) is 0 Å². The van der Waals surface area contributed by atoms with Gasteiger partial charge in [-0.2, -0.15) is 0 Å². The third kappa shape index (κ3) is 6.15. The minimum absolute atomic E-state index is 0.122. The molecule has 0 aliphatic carbocycles. The smallest absolute Gasteiger partial charge is 0.219 e. The predicted molar refractivity (Wildman–Crippen MR) is 88.6 cm³/mol. The van der Waals surface area contributed by atoms with Crippen LogP contribution in [0.15, 0.2) is 12.1 Å². The molecule has 1 aliphatic heterocycles. The fraction of sp³-hybridized carbons (Fsp3) is 0.647. The maximum atomic E-state index is 11.1. The summed E-state index contributed by atoms with van der Waals surface area (Å²) in [7, 11) is 1.68. The van der Waals surface area contributed by atoms with E-state index in [4.69, 9.17) is 4.98 Å². The molecule has 0 unspecified atom stereocenters. The fourth-order valence-electron chi connectivity index (χ4n) is 2.39.